The first kappa shape index (κ1) is 5.21. The Balaban J connectivity index is 2.94. The molecule has 0 heterocycles. The van der Waals surface area contributed by atoms with Gasteiger partial charge in [0.25, 0.3) is 0 Å². The maximum absolute atomic E-state index is 4.47. The maximum Gasteiger partial charge on any atom is 0.101 e. The average Bonchev–Trinajstić information content (AvgIpc) is 1.61. The molecule has 0 fully saturated rings. The predicted octanol–water partition coefficient (Wildman–Crippen LogP) is 0.805. The summed E-state index contributed by atoms with van der Waals surface area (Å²) in [5.41, 5.74) is 0. The van der Waals surface area contributed by atoms with E-state index in [0.29, 0.717) is 0 Å². The lowest BCUT2D eigenvalue weighted by molar-refractivity contribution is 0.337. The van der Waals surface area contributed by atoms with Gasteiger partial charge in [0.05, 0.1) is 13.3 Å². The van der Waals surface area contributed by atoms with Crippen LogP contribution in [0.2, 0.25) is 0 Å². The lowest BCUT2D eigenvalue weighted by Crippen LogP contribution is -1.59. The number of aliphatic imine (C=N–C) groups is 1. The van der Waals surface area contributed by atoms with Gasteiger partial charge in [0.15, 0.2) is 0 Å². The van der Waals surface area contributed by atoms with Gasteiger partial charge in [-0.1, -0.05) is 0 Å². The van der Waals surface area contributed by atoms with E-state index >= 15 is 0 Å². The van der Waals surface area contributed by atoms with Crippen LogP contribution in [0, 0.1) is 0 Å². The standard InChI is InChI=1S/C4H7NO/c1-5-3-4-6-2/h3-4H,1H2,2H3/b4-3-. The average molecular weight is 85.1 g/mol. The SMILES string of the molecule is C=N/C=C\OC. The van der Waals surface area contributed by atoms with Crippen LogP contribution in [0.15, 0.2) is 17.5 Å². The van der Waals surface area contributed by atoms with Gasteiger partial charge < -0.3 is 4.74 Å². The first-order chi connectivity index (χ1) is 2.91. The second kappa shape index (κ2) is 4.21. The molecule has 0 bridgehead atoms. The Kier molecular flexibility index (Phi) is 3.66. The van der Waals surface area contributed by atoms with Crippen LogP contribution >= 0.6 is 0 Å². The van der Waals surface area contributed by atoms with E-state index in [-0.39, 0.29) is 0 Å². The number of hydrogen-bond acceptors (Lipinski definition) is 2. The largest absolute Gasteiger partial charge is 0.503 e. The van der Waals surface area contributed by atoms with Crippen molar-refractivity contribution in [1.82, 2.24) is 0 Å². The molecule has 34 valence electrons. The van der Waals surface area contributed by atoms with Crippen molar-refractivity contribution < 1.29 is 4.74 Å². The summed E-state index contributed by atoms with van der Waals surface area (Å²) >= 11 is 0. The third-order valence-electron chi connectivity index (χ3n) is 0.302. The Hall–Kier alpha value is -0.790. The first-order valence-corrected chi connectivity index (χ1v) is 1.55. The molecule has 0 aliphatic heterocycles. The van der Waals surface area contributed by atoms with Gasteiger partial charge in [0, 0.05) is 0 Å². The lowest BCUT2D eigenvalue weighted by Gasteiger charge is -1.77. The fourth-order valence-electron chi connectivity index (χ4n) is 0.104. The molecule has 0 aromatic rings. The fraction of sp³-hybridized carbons (Fsp3) is 0.250. The van der Waals surface area contributed by atoms with E-state index in [0.717, 1.165) is 0 Å². The van der Waals surface area contributed by atoms with Crippen LogP contribution < -0.4 is 0 Å². The van der Waals surface area contributed by atoms with Crippen LogP contribution in [0.1, 0.15) is 0 Å². The minimum atomic E-state index is 1.45. The van der Waals surface area contributed by atoms with E-state index in [1.165, 1.54) is 12.5 Å². The summed E-state index contributed by atoms with van der Waals surface area (Å²) < 4.78 is 4.47. The number of hydrogen-bond donors (Lipinski definition) is 0. The Morgan fingerprint density at radius 1 is 1.83 bits per heavy atom. The summed E-state index contributed by atoms with van der Waals surface area (Å²) in [5.74, 6) is 0. The Morgan fingerprint density at radius 2 is 2.50 bits per heavy atom. The second-order valence-electron chi connectivity index (χ2n) is 0.703. The highest BCUT2D eigenvalue weighted by Crippen LogP contribution is 1.68. The van der Waals surface area contributed by atoms with Crippen molar-refractivity contribution in [2.75, 3.05) is 7.11 Å². The van der Waals surface area contributed by atoms with Gasteiger partial charge >= 0.3 is 0 Å². The van der Waals surface area contributed by atoms with Crippen molar-refractivity contribution in [1.29, 1.82) is 0 Å². The zero-order valence-electron chi connectivity index (χ0n) is 3.72. The first-order valence-electron chi connectivity index (χ1n) is 1.55. The van der Waals surface area contributed by atoms with Crippen LogP contribution in [-0.4, -0.2) is 13.8 Å². The molecule has 0 unspecified atom stereocenters. The second-order valence-corrected chi connectivity index (χ2v) is 0.703. The minimum Gasteiger partial charge on any atom is -0.503 e. The molecule has 0 atom stereocenters. The maximum atomic E-state index is 4.47. The molecule has 0 N–H and O–H groups in total. The molecule has 0 spiro atoms. The fourth-order valence-corrected chi connectivity index (χ4v) is 0.104. The predicted molar refractivity (Wildman–Crippen MR) is 25.7 cm³/mol. The number of ether oxygens (including phenoxy) is 1. The Labute approximate surface area is 37.2 Å². The summed E-state index contributed by atoms with van der Waals surface area (Å²) in [6.45, 7) is 3.18. The molecule has 2 heteroatoms. The van der Waals surface area contributed by atoms with Gasteiger partial charge in [-0.05, 0) is 6.72 Å². The van der Waals surface area contributed by atoms with Crippen LogP contribution in [0.4, 0.5) is 0 Å². The van der Waals surface area contributed by atoms with E-state index < -0.39 is 0 Å². The van der Waals surface area contributed by atoms with Crippen LogP contribution in [0.3, 0.4) is 0 Å². The summed E-state index contributed by atoms with van der Waals surface area (Å²) in [7, 11) is 1.56. The van der Waals surface area contributed by atoms with Gasteiger partial charge in [-0.25, -0.2) is 0 Å². The van der Waals surface area contributed by atoms with Crippen LogP contribution in [0.25, 0.3) is 0 Å². The zero-order valence-corrected chi connectivity index (χ0v) is 3.72. The van der Waals surface area contributed by atoms with Crippen molar-refractivity contribution in [3.63, 3.8) is 0 Å². The molecule has 0 aromatic carbocycles. The number of methoxy groups -OCH3 is 1. The van der Waals surface area contributed by atoms with Gasteiger partial charge in [0.2, 0.25) is 0 Å². The molecule has 0 aliphatic carbocycles. The van der Waals surface area contributed by atoms with Gasteiger partial charge in [-0.2, -0.15) is 0 Å². The summed E-state index contributed by atoms with van der Waals surface area (Å²) in [6.07, 6.45) is 2.92. The van der Waals surface area contributed by atoms with Crippen molar-refractivity contribution in [3.8, 4) is 0 Å². The molecule has 2 nitrogen and oxygen atoms in total. The number of rotatable bonds is 2. The third-order valence-corrected chi connectivity index (χ3v) is 0.302. The molecular formula is C4H7NO. The molecule has 0 aromatic heterocycles. The Bertz CT molecular complexity index is 58.6. The number of nitrogens with zero attached hydrogens (tertiary/aromatic N) is 1. The van der Waals surface area contributed by atoms with Crippen LogP contribution in [0.5, 0.6) is 0 Å². The van der Waals surface area contributed by atoms with E-state index in [4.69, 9.17) is 0 Å². The van der Waals surface area contributed by atoms with E-state index in [1.54, 1.807) is 7.11 Å². The van der Waals surface area contributed by atoms with Gasteiger partial charge in [-0.15, -0.1) is 0 Å². The normalized spacial score (nSPS) is 8.83. The minimum absolute atomic E-state index is 1.45. The smallest absolute Gasteiger partial charge is 0.101 e. The van der Waals surface area contributed by atoms with Crippen molar-refractivity contribution in [2.24, 2.45) is 4.99 Å². The van der Waals surface area contributed by atoms with Gasteiger partial charge in [-0.3, -0.25) is 4.99 Å². The zero-order chi connectivity index (χ0) is 4.83. The summed E-state index contributed by atoms with van der Waals surface area (Å²) in [4.78, 5) is 3.37. The van der Waals surface area contributed by atoms with Gasteiger partial charge in [0.1, 0.15) is 6.26 Å². The highest BCUT2D eigenvalue weighted by atomic mass is 16.5. The highest BCUT2D eigenvalue weighted by Gasteiger charge is 1.52. The molecule has 0 saturated carbocycles. The summed E-state index contributed by atoms with van der Waals surface area (Å²) in [5, 5.41) is 0. The third kappa shape index (κ3) is 3.21. The molecule has 0 amide bonds. The Morgan fingerprint density at radius 3 is 2.67 bits per heavy atom. The molecule has 6 heavy (non-hydrogen) atoms. The van der Waals surface area contributed by atoms with E-state index in [2.05, 4.69) is 16.4 Å². The van der Waals surface area contributed by atoms with Crippen molar-refractivity contribution in [2.45, 2.75) is 0 Å². The topological polar surface area (TPSA) is 21.6 Å². The molecule has 0 rings (SSSR count). The van der Waals surface area contributed by atoms with E-state index in [9.17, 15) is 0 Å². The molecule has 0 saturated heterocycles. The van der Waals surface area contributed by atoms with Crippen molar-refractivity contribution in [3.05, 3.63) is 12.5 Å². The lowest BCUT2D eigenvalue weighted by atomic mass is 11.0. The molecular weight excluding hydrogens is 78.0 g/mol. The summed E-state index contributed by atoms with van der Waals surface area (Å²) in [6, 6.07) is 0. The molecule has 0 radical (unpaired) electrons. The van der Waals surface area contributed by atoms with E-state index in [1.807, 2.05) is 0 Å². The molecule has 0 aliphatic rings. The quantitative estimate of drug-likeness (QED) is 0.359. The highest BCUT2D eigenvalue weighted by molar-refractivity contribution is 5.25. The monoisotopic (exact) mass is 85.1 g/mol. The van der Waals surface area contributed by atoms with Crippen LogP contribution in [-0.2, 0) is 4.74 Å². The van der Waals surface area contributed by atoms with Crippen molar-refractivity contribution >= 4 is 6.72 Å².